The number of nitriles is 1. The number of carbonyl (C=O) groups is 1. The summed E-state index contributed by atoms with van der Waals surface area (Å²) in [4.78, 5) is 11.4. The van der Waals surface area contributed by atoms with E-state index in [0.29, 0.717) is 12.0 Å². The number of amides is 1. The zero-order valence-electron chi connectivity index (χ0n) is 7.13. The van der Waals surface area contributed by atoms with Crippen molar-refractivity contribution >= 4 is 5.91 Å². The van der Waals surface area contributed by atoms with Crippen molar-refractivity contribution in [3.63, 3.8) is 0 Å². The number of hydrogen-bond donors (Lipinski definition) is 1. The predicted octanol–water partition coefficient (Wildman–Crippen LogP) is 0.815. The molecule has 0 bridgehead atoms. The molecule has 12 heavy (non-hydrogen) atoms. The molecule has 2 atom stereocenters. The SMILES string of the molecule is CC1CC1NC(=O)C1(C#N)CC1. The number of nitrogens with zero attached hydrogens (tertiary/aromatic N) is 1. The van der Waals surface area contributed by atoms with Gasteiger partial charge in [-0.25, -0.2) is 0 Å². The van der Waals surface area contributed by atoms with Crippen LogP contribution in [0.2, 0.25) is 0 Å². The molecule has 3 heteroatoms. The first-order chi connectivity index (χ1) is 5.68. The quantitative estimate of drug-likeness (QED) is 0.656. The average Bonchev–Trinajstić information content (AvgIpc) is 2.89. The zero-order valence-corrected chi connectivity index (χ0v) is 7.13. The fraction of sp³-hybridized carbons (Fsp3) is 0.778. The molecule has 3 nitrogen and oxygen atoms in total. The molecule has 64 valence electrons. The Labute approximate surface area is 71.8 Å². The zero-order chi connectivity index (χ0) is 8.77. The number of nitrogens with one attached hydrogen (secondary N) is 1. The first kappa shape index (κ1) is 7.60. The fourth-order valence-corrected chi connectivity index (χ4v) is 1.34. The van der Waals surface area contributed by atoms with Crippen LogP contribution in [-0.2, 0) is 4.79 Å². The van der Waals surface area contributed by atoms with E-state index >= 15 is 0 Å². The Kier molecular flexibility index (Phi) is 1.41. The van der Waals surface area contributed by atoms with Crippen molar-refractivity contribution in [1.82, 2.24) is 5.32 Å². The van der Waals surface area contributed by atoms with Gasteiger partial charge in [0.05, 0.1) is 6.07 Å². The Morgan fingerprint density at radius 1 is 1.67 bits per heavy atom. The molecule has 0 aromatic heterocycles. The van der Waals surface area contributed by atoms with Crippen LogP contribution >= 0.6 is 0 Å². The fourth-order valence-electron chi connectivity index (χ4n) is 1.34. The molecule has 0 saturated heterocycles. The van der Waals surface area contributed by atoms with Crippen molar-refractivity contribution in [2.45, 2.75) is 32.2 Å². The summed E-state index contributed by atoms with van der Waals surface area (Å²) in [6.07, 6.45) is 2.57. The van der Waals surface area contributed by atoms with Gasteiger partial charge >= 0.3 is 0 Å². The molecule has 0 aromatic carbocycles. The van der Waals surface area contributed by atoms with E-state index in [9.17, 15) is 4.79 Å². The Bertz CT molecular complexity index is 262. The van der Waals surface area contributed by atoms with E-state index < -0.39 is 5.41 Å². The highest BCUT2D eigenvalue weighted by atomic mass is 16.2. The predicted molar refractivity (Wildman–Crippen MR) is 43.0 cm³/mol. The van der Waals surface area contributed by atoms with E-state index in [1.54, 1.807) is 0 Å². The molecule has 2 aliphatic carbocycles. The molecule has 2 rings (SSSR count). The molecule has 1 N–H and O–H groups in total. The van der Waals surface area contributed by atoms with E-state index in [1.165, 1.54) is 0 Å². The van der Waals surface area contributed by atoms with E-state index in [2.05, 4.69) is 18.3 Å². The molecule has 2 aliphatic rings. The summed E-state index contributed by atoms with van der Waals surface area (Å²) in [6, 6.07) is 2.44. The second-order valence-corrected chi connectivity index (χ2v) is 3.99. The standard InChI is InChI=1S/C9H12N2O/c1-6-4-7(6)11-8(12)9(5-10)2-3-9/h6-7H,2-4H2,1H3,(H,11,12). The monoisotopic (exact) mass is 164 g/mol. The lowest BCUT2D eigenvalue weighted by Gasteiger charge is -2.06. The summed E-state index contributed by atoms with van der Waals surface area (Å²) in [5.41, 5.74) is -0.637. The molecule has 0 spiro atoms. The van der Waals surface area contributed by atoms with Gasteiger partial charge in [0.15, 0.2) is 0 Å². The van der Waals surface area contributed by atoms with Gasteiger partial charge in [0.1, 0.15) is 5.41 Å². The third-order valence-electron chi connectivity index (χ3n) is 2.82. The van der Waals surface area contributed by atoms with Crippen molar-refractivity contribution in [1.29, 1.82) is 5.26 Å². The van der Waals surface area contributed by atoms with E-state index in [-0.39, 0.29) is 5.91 Å². The van der Waals surface area contributed by atoms with Crippen LogP contribution in [0, 0.1) is 22.7 Å². The maximum Gasteiger partial charge on any atom is 0.240 e. The molecule has 2 saturated carbocycles. The molecule has 0 radical (unpaired) electrons. The highest BCUT2D eigenvalue weighted by Gasteiger charge is 2.52. The van der Waals surface area contributed by atoms with Crippen molar-refractivity contribution in [2.75, 3.05) is 0 Å². The molecule has 2 fully saturated rings. The van der Waals surface area contributed by atoms with Gasteiger partial charge in [-0.1, -0.05) is 6.92 Å². The largest absolute Gasteiger partial charge is 0.352 e. The summed E-state index contributed by atoms with van der Waals surface area (Å²) < 4.78 is 0. The van der Waals surface area contributed by atoms with Crippen LogP contribution in [0.15, 0.2) is 0 Å². The molecular weight excluding hydrogens is 152 g/mol. The summed E-state index contributed by atoms with van der Waals surface area (Å²) in [5, 5.41) is 11.6. The van der Waals surface area contributed by atoms with Gasteiger partial charge < -0.3 is 5.32 Å². The van der Waals surface area contributed by atoms with Crippen molar-refractivity contribution < 1.29 is 4.79 Å². The van der Waals surface area contributed by atoms with Crippen LogP contribution in [0.4, 0.5) is 0 Å². The molecule has 0 aromatic rings. The van der Waals surface area contributed by atoms with Crippen LogP contribution < -0.4 is 5.32 Å². The van der Waals surface area contributed by atoms with Gasteiger partial charge in [-0.2, -0.15) is 5.26 Å². The van der Waals surface area contributed by atoms with Crippen LogP contribution in [0.5, 0.6) is 0 Å². The van der Waals surface area contributed by atoms with Crippen LogP contribution in [0.3, 0.4) is 0 Å². The maximum absolute atomic E-state index is 11.4. The first-order valence-corrected chi connectivity index (χ1v) is 4.40. The molecule has 0 heterocycles. The summed E-state index contributed by atoms with van der Waals surface area (Å²) >= 11 is 0. The number of rotatable bonds is 2. The van der Waals surface area contributed by atoms with Crippen molar-refractivity contribution in [3.05, 3.63) is 0 Å². The molecule has 2 unspecified atom stereocenters. The van der Waals surface area contributed by atoms with Gasteiger partial charge in [-0.05, 0) is 25.2 Å². The minimum Gasteiger partial charge on any atom is -0.352 e. The number of hydrogen-bond acceptors (Lipinski definition) is 2. The third-order valence-corrected chi connectivity index (χ3v) is 2.82. The highest BCUT2D eigenvalue weighted by molar-refractivity contribution is 5.88. The van der Waals surface area contributed by atoms with Gasteiger partial charge in [0, 0.05) is 6.04 Å². The summed E-state index contributed by atoms with van der Waals surface area (Å²) in [6.45, 7) is 2.11. The highest BCUT2D eigenvalue weighted by Crippen LogP contribution is 2.45. The Morgan fingerprint density at radius 2 is 2.25 bits per heavy atom. The Morgan fingerprint density at radius 3 is 2.58 bits per heavy atom. The molecule has 0 aliphatic heterocycles. The Hall–Kier alpha value is -1.04. The lowest BCUT2D eigenvalue weighted by Crippen LogP contribution is -2.33. The topological polar surface area (TPSA) is 52.9 Å². The smallest absolute Gasteiger partial charge is 0.240 e. The van der Waals surface area contributed by atoms with Gasteiger partial charge in [-0.15, -0.1) is 0 Å². The minimum absolute atomic E-state index is 0.0423. The maximum atomic E-state index is 11.4. The second-order valence-electron chi connectivity index (χ2n) is 3.99. The average molecular weight is 164 g/mol. The lowest BCUT2D eigenvalue weighted by atomic mass is 10.1. The van der Waals surface area contributed by atoms with E-state index in [0.717, 1.165) is 19.3 Å². The van der Waals surface area contributed by atoms with Crippen LogP contribution in [0.1, 0.15) is 26.2 Å². The van der Waals surface area contributed by atoms with Gasteiger partial charge in [0.2, 0.25) is 5.91 Å². The minimum atomic E-state index is -0.637. The second kappa shape index (κ2) is 2.22. The summed E-state index contributed by atoms with van der Waals surface area (Å²) in [7, 11) is 0. The molecular formula is C9H12N2O. The van der Waals surface area contributed by atoms with Gasteiger partial charge in [-0.3, -0.25) is 4.79 Å². The van der Waals surface area contributed by atoms with Crippen LogP contribution in [-0.4, -0.2) is 11.9 Å². The van der Waals surface area contributed by atoms with E-state index in [4.69, 9.17) is 5.26 Å². The van der Waals surface area contributed by atoms with Crippen molar-refractivity contribution in [2.24, 2.45) is 11.3 Å². The Balaban J connectivity index is 1.90. The third kappa shape index (κ3) is 1.08. The van der Waals surface area contributed by atoms with E-state index in [1.807, 2.05) is 0 Å². The number of carbonyl (C=O) groups excluding carboxylic acids is 1. The van der Waals surface area contributed by atoms with Crippen LogP contribution in [0.25, 0.3) is 0 Å². The lowest BCUT2D eigenvalue weighted by molar-refractivity contribution is -0.124. The summed E-state index contributed by atoms with van der Waals surface area (Å²) in [5.74, 6) is 0.572. The first-order valence-electron chi connectivity index (χ1n) is 4.40. The van der Waals surface area contributed by atoms with Crippen molar-refractivity contribution in [3.8, 4) is 6.07 Å². The molecule has 1 amide bonds. The van der Waals surface area contributed by atoms with Gasteiger partial charge in [0.25, 0.3) is 0 Å². The normalized spacial score (nSPS) is 35.0.